The fraction of sp³-hybridized carbons (Fsp3) is 0.778. The number of carbonyl (C=O) groups excluding carboxylic acids is 2. The van der Waals surface area contributed by atoms with E-state index in [0.29, 0.717) is 0 Å². The predicted molar refractivity (Wildman–Crippen MR) is 58.3 cm³/mol. The molecule has 0 aliphatic carbocycles. The molecule has 0 bridgehead atoms. The van der Waals surface area contributed by atoms with Crippen molar-refractivity contribution in [2.24, 2.45) is 0 Å². The lowest BCUT2D eigenvalue weighted by Gasteiger charge is -2.10. The molecule has 0 heterocycles. The molecule has 1 N–H and O–H groups in total. The van der Waals surface area contributed by atoms with Gasteiger partial charge < -0.3 is 4.74 Å². The Kier molecular flexibility index (Phi) is 6.20. The maximum absolute atomic E-state index is 11.4. The first-order chi connectivity index (χ1) is 7.28. The highest BCUT2D eigenvalue weighted by molar-refractivity contribution is 7.89. The number of ether oxygens (including phenoxy) is 1. The van der Waals surface area contributed by atoms with Crippen molar-refractivity contribution in [1.29, 1.82) is 0 Å². The minimum absolute atomic E-state index is 0.214. The number of hydrogen-bond donors (Lipinski definition) is 1. The monoisotopic (exact) mass is 251 g/mol. The highest BCUT2D eigenvalue weighted by atomic mass is 32.2. The van der Waals surface area contributed by atoms with Gasteiger partial charge in [-0.2, -0.15) is 0 Å². The van der Waals surface area contributed by atoms with Crippen LogP contribution in [0.4, 0.5) is 0 Å². The van der Waals surface area contributed by atoms with E-state index < -0.39 is 22.0 Å². The zero-order valence-corrected chi connectivity index (χ0v) is 10.5. The van der Waals surface area contributed by atoms with Crippen LogP contribution in [0.25, 0.3) is 0 Å². The molecule has 7 heteroatoms. The van der Waals surface area contributed by atoms with Crippen LogP contribution in [0.2, 0.25) is 0 Å². The molecule has 0 aliphatic heterocycles. The summed E-state index contributed by atoms with van der Waals surface area (Å²) in [5.74, 6) is -1.22. The molecule has 1 unspecified atom stereocenters. The van der Waals surface area contributed by atoms with E-state index >= 15 is 0 Å². The summed E-state index contributed by atoms with van der Waals surface area (Å²) in [6.07, 6.45) is -0.214. The topological polar surface area (TPSA) is 89.5 Å². The van der Waals surface area contributed by atoms with Gasteiger partial charge >= 0.3 is 5.97 Å². The molecular weight excluding hydrogens is 234 g/mol. The van der Waals surface area contributed by atoms with Crippen molar-refractivity contribution >= 4 is 21.8 Å². The van der Waals surface area contributed by atoms with Gasteiger partial charge in [-0.1, -0.05) is 0 Å². The summed E-state index contributed by atoms with van der Waals surface area (Å²) in [7, 11) is -3.61. The van der Waals surface area contributed by atoms with Gasteiger partial charge in [0.15, 0.2) is 0 Å². The molecule has 0 fully saturated rings. The number of carbonyl (C=O) groups is 2. The minimum atomic E-state index is -3.61. The van der Waals surface area contributed by atoms with Gasteiger partial charge in [0, 0.05) is 0 Å². The van der Waals surface area contributed by atoms with Crippen LogP contribution >= 0.6 is 0 Å². The van der Waals surface area contributed by atoms with Crippen molar-refractivity contribution in [2.45, 2.75) is 33.2 Å². The molecule has 0 aromatic rings. The third-order valence-electron chi connectivity index (χ3n) is 1.85. The summed E-state index contributed by atoms with van der Waals surface area (Å²) < 4.78 is 29.5. The molecule has 0 aliphatic rings. The zero-order valence-electron chi connectivity index (χ0n) is 9.65. The maximum Gasteiger partial charge on any atom is 0.306 e. The van der Waals surface area contributed by atoms with Gasteiger partial charge in [-0.25, -0.2) is 13.1 Å². The first-order valence-corrected chi connectivity index (χ1v) is 6.59. The number of esters is 1. The molecule has 0 amide bonds. The Bertz CT molecular complexity index is 349. The Morgan fingerprint density at radius 3 is 2.38 bits per heavy atom. The van der Waals surface area contributed by atoms with Crippen LogP contribution in [0, 0.1) is 0 Å². The molecule has 6 nitrogen and oxygen atoms in total. The lowest BCUT2D eigenvalue weighted by Crippen LogP contribution is -2.39. The summed E-state index contributed by atoms with van der Waals surface area (Å²) in [6.45, 7) is 4.60. The van der Waals surface area contributed by atoms with Crippen molar-refractivity contribution in [2.75, 3.05) is 12.4 Å². The van der Waals surface area contributed by atoms with E-state index in [9.17, 15) is 18.0 Å². The van der Waals surface area contributed by atoms with Crippen LogP contribution in [0.1, 0.15) is 27.2 Å². The lowest BCUT2D eigenvalue weighted by molar-refractivity contribution is -0.142. The van der Waals surface area contributed by atoms with Gasteiger partial charge in [0.05, 0.1) is 24.8 Å². The molecule has 0 saturated heterocycles. The molecule has 1 atom stereocenters. The van der Waals surface area contributed by atoms with Crippen molar-refractivity contribution < 1.29 is 22.7 Å². The fourth-order valence-corrected chi connectivity index (χ4v) is 2.12. The van der Waals surface area contributed by atoms with Crippen LogP contribution in [0.15, 0.2) is 0 Å². The van der Waals surface area contributed by atoms with Crippen molar-refractivity contribution in [3.05, 3.63) is 0 Å². The summed E-state index contributed by atoms with van der Waals surface area (Å²) in [6, 6.07) is -0.771. The molecule has 0 spiro atoms. The molecule has 0 radical (unpaired) electrons. The third kappa shape index (κ3) is 6.52. The average molecular weight is 251 g/mol. The van der Waals surface area contributed by atoms with Gasteiger partial charge in [0.25, 0.3) is 0 Å². The quantitative estimate of drug-likeness (QED) is 0.635. The molecule has 0 aromatic heterocycles. The smallest absolute Gasteiger partial charge is 0.306 e. The van der Waals surface area contributed by atoms with E-state index in [-0.39, 0.29) is 24.6 Å². The van der Waals surface area contributed by atoms with Gasteiger partial charge in [0.2, 0.25) is 10.0 Å². The number of sulfonamides is 1. The predicted octanol–water partition coefficient (Wildman–Crippen LogP) is -0.164. The number of hydrogen-bond acceptors (Lipinski definition) is 5. The van der Waals surface area contributed by atoms with Gasteiger partial charge in [-0.3, -0.25) is 9.59 Å². The Morgan fingerprint density at radius 2 is 1.94 bits per heavy atom. The molecule has 0 aromatic carbocycles. The molecule has 16 heavy (non-hydrogen) atoms. The van der Waals surface area contributed by atoms with Crippen LogP contribution in [0.3, 0.4) is 0 Å². The standard InChI is InChI=1S/C9H17NO5S/c1-4-15-9(12)5-6-16(13,14)10-7(2)8(3)11/h7,10H,4-6H2,1-3H3. The Morgan fingerprint density at radius 1 is 1.38 bits per heavy atom. The Hall–Kier alpha value is -0.950. The van der Waals surface area contributed by atoms with Gasteiger partial charge in [-0.05, 0) is 20.8 Å². The fourth-order valence-electron chi connectivity index (χ4n) is 0.862. The van der Waals surface area contributed by atoms with Gasteiger partial charge in [-0.15, -0.1) is 0 Å². The van der Waals surface area contributed by atoms with Gasteiger partial charge in [0.1, 0.15) is 5.78 Å². The van der Waals surface area contributed by atoms with E-state index in [1.807, 2.05) is 0 Å². The zero-order chi connectivity index (χ0) is 12.8. The third-order valence-corrected chi connectivity index (χ3v) is 3.30. The van der Waals surface area contributed by atoms with Crippen LogP contribution in [0.5, 0.6) is 0 Å². The maximum atomic E-state index is 11.4. The molecule has 94 valence electrons. The largest absolute Gasteiger partial charge is 0.466 e. The summed E-state index contributed by atoms with van der Waals surface area (Å²) in [5.41, 5.74) is 0. The van der Waals surface area contributed by atoms with E-state index in [2.05, 4.69) is 9.46 Å². The first-order valence-electron chi connectivity index (χ1n) is 4.94. The second-order valence-electron chi connectivity index (χ2n) is 3.32. The van der Waals surface area contributed by atoms with E-state index in [1.165, 1.54) is 13.8 Å². The molecular formula is C9H17NO5S. The molecule has 0 saturated carbocycles. The highest BCUT2D eigenvalue weighted by Gasteiger charge is 2.18. The SMILES string of the molecule is CCOC(=O)CCS(=O)(=O)NC(C)C(C)=O. The van der Waals surface area contributed by atoms with Crippen LogP contribution < -0.4 is 4.72 Å². The Labute approximate surface area is 95.4 Å². The molecule has 0 rings (SSSR count). The number of nitrogens with one attached hydrogen (secondary N) is 1. The van der Waals surface area contributed by atoms with E-state index in [4.69, 9.17) is 0 Å². The lowest BCUT2D eigenvalue weighted by atomic mass is 10.3. The van der Waals surface area contributed by atoms with Crippen molar-refractivity contribution in [3.8, 4) is 0 Å². The second kappa shape index (κ2) is 6.59. The van der Waals surface area contributed by atoms with Crippen LogP contribution in [-0.4, -0.2) is 38.6 Å². The number of rotatable bonds is 7. The van der Waals surface area contributed by atoms with E-state index in [0.717, 1.165) is 0 Å². The second-order valence-corrected chi connectivity index (χ2v) is 5.20. The highest BCUT2D eigenvalue weighted by Crippen LogP contribution is 1.96. The first kappa shape index (κ1) is 15.0. The summed E-state index contributed by atoms with van der Waals surface area (Å²) >= 11 is 0. The van der Waals surface area contributed by atoms with Crippen molar-refractivity contribution in [1.82, 2.24) is 4.72 Å². The normalized spacial score (nSPS) is 13.2. The summed E-state index contributed by atoms with van der Waals surface area (Å²) in [5, 5.41) is 0. The summed E-state index contributed by atoms with van der Waals surface area (Å²) in [4.78, 5) is 21.8. The van der Waals surface area contributed by atoms with E-state index in [1.54, 1.807) is 6.92 Å². The minimum Gasteiger partial charge on any atom is -0.466 e. The van der Waals surface area contributed by atoms with Crippen molar-refractivity contribution in [3.63, 3.8) is 0 Å². The number of ketones is 1. The number of Topliss-reactive ketones (excluding diaryl/α,β-unsaturated/α-hetero) is 1. The Balaban J connectivity index is 4.16. The average Bonchev–Trinajstić information content (AvgIpc) is 2.14. The van der Waals surface area contributed by atoms with Crippen LogP contribution in [-0.2, 0) is 24.3 Å².